The second-order valence-corrected chi connectivity index (χ2v) is 11.5. The van der Waals surface area contributed by atoms with Crippen LogP contribution in [0.4, 0.5) is 14.9 Å². The fourth-order valence-corrected chi connectivity index (χ4v) is 6.32. The van der Waals surface area contributed by atoms with Gasteiger partial charge in [0.1, 0.15) is 5.82 Å². The van der Waals surface area contributed by atoms with E-state index < -0.39 is 33.9 Å². The third kappa shape index (κ3) is 5.76. The molecule has 13 heteroatoms. The molecule has 1 atom stereocenters. The fourth-order valence-electron chi connectivity index (χ4n) is 4.38. The summed E-state index contributed by atoms with van der Waals surface area (Å²) in [5, 5.41) is 5.72. The Morgan fingerprint density at radius 3 is 2.28 bits per heavy atom. The van der Waals surface area contributed by atoms with E-state index in [0.717, 1.165) is 22.0 Å². The lowest BCUT2D eigenvalue weighted by Gasteiger charge is -2.32. The van der Waals surface area contributed by atoms with Gasteiger partial charge in [0.25, 0.3) is 5.91 Å². The first-order chi connectivity index (χ1) is 17.1. The second kappa shape index (κ2) is 10.9. The van der Waals surface area contributed by atoms with Crippen LogP contribution >= 0.6 is 23.2 Å². The second-order valence-electron chi connectivity index (χ2n) is 8.82. The van der Waals surface area contributed by atoms with Gasteiger partial charge in [-0.2, -0.15) is 4.31 Å². The Morgan fingerprint density at radius 1 is 0.972 bits per heavy atom. The van der Waals surface area contributed by atoms with Crippen LogP contribution < -0.4 is 16.4 Å². The Morgan fingerprint density at radius 2 is 1.64 bits per heavy atom. The number of carbonyl (C=O) groups excluding carboxylic acids is 2. The largest absolute Gasteiger partial charge is 0.350 e. The summed E-state index contributed by atoms with van der Waals surface area (Å²) in [5.74, 6) is -1.09. The minimum Gasteiger partial charge on any atom is -0.350 e. The number of benzene rings is 2. The first kappa shape index (κ1) is 26.6. The molecule has 2 fully saturated rings. The smallest absolute Gasteiger partial charge is 0.323 e. The highest BCUT2D eigenvalue weighted by Crippen LogP contribution is 2.30. The van der Waals surface area contributed by atoms with Crippen LogP contribution in [0, 0.1) is 5.82 Å². The van der Waals surface area contributed by atoms with Gasteiger partial charge in [0, 0.05) is 30.9 Å². The van der Waals surface area contributed by atoms with Gasteiger partial charge < -0.3 is 16.4 Å². The molecule has 3 amide bonds. The van der Waals surface area contributed by atoms with E-state index >= 15 is 0 Å². The van der Waals surface area contributed by atoms with Crippen LogP contribution in [0.25, 0.3) is 0 Å². The highest BCUT2D eigenvalue weighted by Gasteiger charge is 2.47. The monoisotopic (exact) mass is 557 g/mol. The number of nitrogens with zero attached hydrogens (tertiary/aromatic N) is 2. The summed E-state index contributed by atoms with van der Waals surface area (Å²) in [6.45, 7) is -0.158. The van der Waals surface area contributed by atoms with E-state index in [1.807, 2.05) is 0 Å². The van der Waals surface area contributed by atoms with E-state index in [9.17, 15) is 22.4 Å². The molecule has 1 aliphatic carbocycles. The molecule has 0 radical (unpaired) electrons. The predicted molar refractivity (Wildman–Crippen MR) is 135 cm³/mol. The number of nitrogens with two attached hydrogens (primary N) is 1. The number of halogens is 3. The number of carbonyl (C=O) groups is 2. The summed E-state index contributed by atoms with van der Waals surface area (Å²) in [5.41, 5.74) is 6.25. The number of hydrogen-bond acceptors (Lipinski definition) is 5. The zero-order valence-electron chi connectivity index (χ0n) is 19.2. The maximum atomic E-state index is 13.5. The normalized spacial score (nSPS) is 22.9. The summed E-state index contributed by atoms with van der Waals surface area (Å²) in [6.07, 6.45) is 1.33. The fraction of sp³-hybridized carbons (Fsp3) is 0.391. The van der Waals surface area contributed by atoms with E-state index in [2.05, 4.69) is 10.6 Å². The molecular formula is C23H26Cl2FN5O4S. The van der Waals surface area contributed by atoms with Gasteiger partial charge in [-0.3, -0.25) is 9.69 Å². The van der Waals surface area contributed by atoms with Crippen molar-refractivity contribution in [1.82, 2.24) is 14.5 Å². The SMILES string of the molecule is NC1CCC(NC(=O)C2N(C(=O)Nc3ccc(F)cc3)CCN2S(=O)(=O)c2ccc(Cl)c(Cl)c2)CC1. The third-order valence-electron chi connectivity index (χ3n) is 6.34. The predicted octanol–water partition coefficient (Wildman–Crippen LogP) is 3.38. The Hall–Kier alpha value is -2.44. The average molecular weight is 558 g/mol. The molecule has 194 valence electrons. The lowest BCUT2D eigenvalue weighted by atomic mass is 9.92. The van der Waals surface area contributed by atoms with Crippen molar-refractivity contribution in [3.05, 3.63) is 58.3 Å². The van der Waals surface area contributed by atoms with Crippen LogP contribution in [0.15, 0.2) is 47.4 Å². The molecule has 0 spiro atoms. The van der Waals surface area contributed by atoms with Gasteiger partial charge in [-0.1, -0.05) is 23.2 Å². The Kier molecular flexibility index (Phi) is 8.06. The summed E-state index contributed by atoms with van der Waals surface area (Å²) in [7, 11) is -4.23. The molecule has 4 N–H and O–H groups in total. The van der Waals surface area contributed by atoms with Crippen molar-refractivity contribution in [2.45, 2.75) is 48.8 Å². The third-order valence-corrected chi connectivity index (χ3v) is 8.92. The number of urea groups is 1. The quantitative estimate of drug-likeness (QED) is 0.519. The van der Waals surface area contributed by atoms with Gasteiger partial charge in [0.15, 0.2) is 6.17 Å². The van der Waals surface area contributed by atoms with E-state index in [1.54, 1.807) is 0 Å². The van der Waals surface area contributed by atoms with E-state index in [4.69, 9.17) is 28.9 Å². The first-order valence-corrected chi connectivity index (χ1v) is 13.6. The minimum absolute atomic E-state index is 0.0405. The number of sulfonamides is 1. The molecular weight excluding hydrogens is 532 g/mol. The van der Waals surface area contributed by atoms with Crippen LogP contribution in [0.5, 0.6) is 0 Å². The number of hydrogen-bond donors (Lipinski definition) is 3. The maximum absolute atomic E-state index is 13.5. The van der Waals surface area contributed by atoms with E-state index in [0.29, 0.717) is 18.5 Å². The molecule has 2 aromatic rings. The Bertz CT molecular complexity index is 1240. The zero-order chi connectivity index (χ0) is 26.0. The van der Waals surface area contributed by atoms with Crippen LogP contribution in [-0.4, -0.2) is 60.9 Å². The summed E-state index contributed by atoms with van der Waals surface area (Å²) >= 11 is 12.0. The number of nitrogens with one attached hydrogen (secondary N) is 2. The zero-order valence-corrected chi connectivity index (χ0v) is 21.5. The molecule has 36 heavy (non-hydrogen) atoms. The van der Waals surface area contributed by atoms with Crippen molar-refractivity contribution in [3.8, 4) is 0 Å². The molecule has 1 saturated carbocycles. The van der Waals surface area contributed by atoms with Crippen molar-refractivity contribution in [3.63, 3.8) is 0 Å². The Balaban J connectivity index is 1.62. The molecule has 1 unspecified atom stereocenters. The van der Waals surface area contributed by atoms with Gasteiger partial charge in [-0.15, -0.1) is 0 Å². The topological polar surface area (TPSA) is 125 Å². The molecule has 1 heterocycles. The maximum Gasteiger partial charge on any atom is 0.323 e. The average Bonchev–Trinajstić information content (AvgIpc) is 3.30. The molecule has 1 aliphatic heterocycles. The van der Waals surface area contributed by atoms with Crippen molar-refractivity contribution < 1.29 is 22.4 Å². The van der Waals surface area contributed by atoms with Crippen LogP contribution in [0.3, 0.4) is 0 Å². The highest BCUT2D eigenvalue weighted by molar-refractivity contribution is 7.89. The lowest BCUT2D eigenvalue weighted by Crippen LogP contribution is -2.56. The standard InChI is InChI=1S/C23H26Cl2FN5O4S/c24-19-10-9-18(13-20(19)25)36(34,35)31-12-11-30(23(33)29-17-5-1-14(26)2-6-17)22(31)21(32)28-16-7-3-15(27)4-8-16/h1-2,5-6,9-10,13,15-16,22H,3-4,7-8,11-12,27H2,(H,28,32)(H,29,33). The number of amides is 3. The summed E-state index contributed by atoms with van der Waals surface area (Å²) < 4.78 is 41.3. The van der Waals surface area contributed by atoms with Crippen LogP contribution in [-0.2, 0) is 14.8 Å². The highest BCUT2D eigenvalue weighted by atomic mass is 35.5. The summed E-state index contributed by atoms with van der Waals surface area (Å²) in [4.78, 5) is 27.6. The van der Waals surface area contributed by atoms with Gasteiger partial charge in [-0.05, 0) is 68.1 Å². The van der Waals surface area contributed by atoms with Gasteiger partial charge in [-0.25, -0.2) is 17.6 Å². The summed E-state index contributed by atoms with van der Waals surface area (Å²) in [6, 6.07) is 8.13. The van der Waals surface area contributed by atoms with Crippen molar-refractivity contribution in [2.24, 2.45) is 5.73 Å². The van der Waals surface area contributed by atoms with Crippen molar-refractivity contribution in [2.75, 3.05) is 18.4 Å². The Labute approximate surface area is 218 Å². The van der Waals surface area contributed by atoms with Gasteiger partial charge in [0.05, 0.1) is 14.9 Å². The molecule has 2 aromatic carbocycles. The number of anilines is 1. The van der Waals surface area contributed by atoms with Crippen molar-refractivity contribution >= 4 is 50.9 Å². The lowest BCUT2D eigenvalue weighted by molar-refractivity contribution is -0.128. The molecule has 9 nitrogen and oxygen atoms in total. The molecule has 0 bridgehead atoms. The van der Waals surface area contributed by atoms with Gasteiger partial charge in [0.2, 0.25) is 10.0 Å². The first-order valence-electron chi connectivity index (χ1n) is 11.4. The van der Waals surface area contributed by atoms with Crippen LogP contribution in [0.1, 0.15) is 25.7 Å². The van der Waals surface area contributed by atoms with E-state index in [1.165, 1.54) is 42.5 Å². The molecule has 4 rings (SSSR count). The van der Waals surface area contributed by atoms with Gasteiger partial charge >= 0.3 is 6.03 Å². The van der Waals surface area contributed by atoms with E-state index in [-0.39, 0.29) is 40.1 Å². The minimum atomic E-state index is -4.23. The molecule has 0 aromatic heterocycles. The number of rotatable bonds is 5. The van der Waals surface area contributed by atoms with Crippen molar-refractivity contribution in [1.29, 1.82) is 0 Å². The molecule has 2 aliphatic rings. The molecule has 1 saturated heterocycles. The van der Waals surface area contributed by atoms with Crippen LogP contribution in [0.2, 0.25) is 10.0 Å².